The van der Waals surface area contributed by atoms with Crippen molar-refractivity contribution >= 4 is 42.3 Å². The normalized spacial score (nSPS) is 16.1. The summed E-state index contributed by atoms with van der Waals surface area (Å²) in [6.45, 7) is 2.76. The van der Waals surface area contributed by atoms with Gasteiger partial charge in [-0.05, 0) is 6.08 Å². The molecular formula is C8H15Cl3NO2P. The summed E-state index contributed by atoms with van der Waals surface area (Å²) in [7, 11) is -2.81. The minimum Gasteiger partial charge on any atom is -0.313 e. The van der Waals surface area contributed by atoms with Crippen LogP contribution in [0.1, 0.15) is 0 Å². The molecule has 0 fully saturated rings. The van der Waals surface area contributed by atoms with Crippen LogP contribution in [-0.4, -0.2) is 42.8 Å². The summed E-state index contributed by atoms with van der Waals surface area (Å²) in [5.41, 5.74) is 1.33. The molecule has 0 saturated carbocycles. The highest BCUT2D eigenvalue weighted by Crippen LogP contribution is 2.46. The largest absolute Gasteiger partial charge is 0.313 e. The second-order valence-electron chi connectivity index (χ2n) is 2.79. The molecule has 1 atom stereocenters. The Kier molecular flexibility index (Phi) is 9.31. The van der Waals surface area contributed by atoms with Crippen molar-refractivity contribution in [2.75, 3.05) is 38.1 Å². The molecule has 0 saturated heterocycles. The van der Waals surface area contributed by atoms with Crippen LogP contribution in [0.5, 0.6) is 0 Å². The number of hydrogen-bond acceptors (Lipinski definition) is 2. The van der Waals surface area contributed by atoms with Gasteiger partial charge in [-0.15, -0.1) is 23.2 Å². The minimum absolute atomic E-state index is 0.221. The van der Waals surface area contributed by atoms with Crippen LogP contribution in [0.25, 0.3) is 0 Å². The maximum Gasteiger partial charge on any atom is 0.269 e. The first-order valence-corrected chi connectivity index (χ1v) is 7.96. The fraction of sp³-hybridized carbons (Fsp3) is 0.750. The summed E-state index contributed by atoms with van der Waals surface area (Å²) >= 11 is 16.5. The lowest BCUT2D eigenvalue weighted by molar-refractivity contribution is 0.297. The lowest BCUT2D eigenvalue weighted by atomic mass is 10.6. The summed E-state index contributed by atoms with van der Waals surface area (Å²) in [5.74, 6) is 0.785. The number of hydrogen-bond donors (Lipinski definition) is 0. The molecule has 90 valence electrons. The molecule has 0 bridgehead atoms. The van der Waals surface area contributed by atoms with Gasteiger partial charge in [-0.1, -0.05) is 11.6 Å². The summed E-state index contributed by atoms with van der Waals surface area (Å²) < 4.78 is 19.0. The van der Waals surface area contributed by atoms with Crippen LogP contribution in [0.2, 0.25) is 0 Å². The van der Waals surface area contributed by atoms with E-state index < -0.39 is 7.52 Å². The second-order valence-corrected chi connectivity index (χ2v) is 6.23. The second kappa shape index (κ2) is 8.86. The van der Waals surface area contributed by atoms with Crippen LogP contribution < -0.4 is 0 Å². The minimum atomic E-state index is -2.81. The topological polar surface area (TPSA) is 29.5 Å². The van der Waals surface area contributed by atoms with Crippen molar-refractivity contribution in [2.24, 2.45) is 0 Å². The third-order valence-electron chi connectivity index (χ3n) is 1.70. The zero-order valence-corrected chi connectivity index (χ0v) is 11.7. The first-order valence-electron chi connectivity index (χ1n) is 4.43. The van der Waals surface area contributed by atoms with Gasteiger partial charge < -0.3 is 4.52 Å². The molecule has 0 spiro atoms. The smallest absolute Gasteiger partial charge is 0.269 e. The maximum absolute atomic E-state index is 12.1. The Hall–Kier alpha value is 0.760. The van der Waals surface area contributed by atoms with Gasteiger partial charge in [0.2, 0.25) is 0 Å². The molecule has 0 aliphatic carbocycles. The van der Waals surface area contributed by atoms with Crippen LogP contribution in [0.3, 0.4) is 0 Å². The zero-order valence-electron chi connectivity index (χ0n) is 8.54. The van der Waals surface area contributed by atoms with E-state index in [1.807, 2.05) is 0 Å². The third-order valence-corrected chi connectivity index (χ3v) is 4.27. The number of rotatable bonds is 8. The van der Waals surface area contributed by atoms with Gasteiger partial charge >= 0.3 is 0 Å². The predicted octanol–water partition coefficient (Wildman–Crippen LogP) is 3.36. The molecule has 15 heavy (non-hydrogen) atoms. The van der Waals surface area contributed by atoms with Crippen molar-refractivity contribution in [3.8, 4) is 0 Å². The predicted molar refractivity (Wildman–Crippen MR) is 67.5 cm³/mol. The lowest BCUT2D eigenvalue weighted by Gasteiger charge is -2.26. The summed E-state index contributed by atoms with van der Waals surface area (Å²) in [6, 6.07) is 0. The molecule has 3 nitrogen and oxygen atoms in total. The Morgan fingerprint density at radius 1 is 1.33 bits per heavy atom. The highest BCUT2D eigenvalue weighted by atomic mass is 35.5. The molecular weight excluding hydrogens is 279 g/mol. The third kappa shape index (κ3) is 6.83. The monoisotopic (exact) mass is 293 g/mol. The number of nitrogens with zero attached hydrogens (tertiary/aromatic N) is 1. The standard InChI is InChI=1S/C8H15Cl3NO2P/c1-15(13,14-8-2-3-9)12(6-4-10)7-5-11/h2-3H,4-8H2,1H3/b3-2-. The quantitative estimate of drug-likeness (QED) is 0.508. The lowest BCUT2D eigenvalue weighted by Crippen LogP contribution is -2.25. The fourth-order valence-electron chi connectivity index (χ4n) is 0.970. The highest BCUT2D eigenvalue weighted by molar-refractivity contribution is 7.55. The first kappa shape index (κ1) is 15.8. The van der Waals surface area contributed by atoms with Crippen molar-refractivity contribution in [3.05, 3.63) is 11.6 Å². The Morgan fingerprint density at radius 2 is 1.87 bits per heavy atom. The molecule has 0 aromatic rings. The van der Waals surface area contributed by atoms with E-state index in [0.717, 1.165) is 0 Å². The van der Waals surface area contributed by atoms with Crippen molar-refractivity contribution in [1.82, 2.24) is 4.67 Å². The van der Waals surface area contributed by atoms with Crippen molar-refractivity contribution in [3.63, 3.8) is 0 Å². The van der Waals surface area contributed by atoms with E-state index in [1.54, 1.807) is 17.4 Å². The summed E-state index contributed by atoms with van der Waals surface area (Å²) in [4.78, 5) is 0. The molecule has 0 radical (unpaired) electrons. The fourth-order valence-corrected chi connectivity index (χ4v) is 3.14. The summed E-state index contributed by atoms with van der Waals surface area (Å²) in [6.07, 6.45) is 1.58. The molecule has 0 amide bonds. The molecule has 1 unspecified atom stereocenters. The van der Waals surface area contributed by atoms with Gasteiger partial charge in [-0.25, -0.2) is 4.67 Å². The molecule has 7 heteroatoms. The SMILES string of the molecule is CP(=O)(OC/C=C\Cl)N(CCCl)CCCl. The van der Waals surface area contributed by atoms with E-state index in [2.05, 4.69) is 0 Å². The number of alkyl halides is 2. The average Bonchev–Trinajstić information content (AvgIpc) is 2.18. The number of halogens is 3. The first-order chi connectivity index (χ1) is 7.08. The highest BCUT2D eigenvalue weighted by Gasteiger charge is 2.24. The van der Waals surface area contributed by atoms with Gasteiger partial charge in [0, 0.05) is 37.0 Å². The molecule has 0 aliphatic heterocycles. The van der Waals surface area contributed by atoms with Gasteiger partial charge in [-0.2, -0.15) is 0 Å². The van der Waals surface area contributed by atoms with E-state index >= 15 is 0 Å². The van der Waals surface area contributed by atoms with Crippen LogP contribution in [0.4, 0.5) is 0 Å². The van der Waals surface area contributed by atoms with E-state index in [9.17, 15) is 4.57 Å². The Labute approximate surface area is 106 Å². The molecule has 0 N–H and O–H groups in total. The maximum atomic E-state index is 12.1. The van der Waals surface area contributed by atoms with Crippen LogP contribution in [0, 0.1) is 0 Å². The van der Waals surface area contributed by atoms with Gasteiger partial charge in [0.05, 0.1) is 6.61 Å². The molecule has 0 aliphatic rings. The Balaban J connectivity index is 4.27. The van der Waals surface area contributed by atoms with E-state index in [1.165, 1.54) is 5.54 Å². The van der Waals surface area contributed by atoms with Crippen LogP contribution in [0.15, 0.2) is 11.6 Å². The zero-order chi connectivity index (χ0) is 11.7. The van der Waals surface area contributed by atoms with Crippen molar-refractivity contribution < 1.29 is 9.09 Å². The van der Waals surface area contributed by atoms with Crippen molar-refractivity contribution in [2.45, 2.75) is 0 Å². The van der Waals surface area contributed by atoms with Crippen LogP contribution in [-0.2, 0) is 9.09 Å². The van der Waals surface area contributed by atoms with Crippen molar-refractivity contribution in [1.29, 1.82) is 0 Å². The van der Waals surface area contributed by atoms with Gasteiger partial charge in [0.1, 0.15) is 0 Å². The Morgan fingerprint density at radius 3 is 2.27 bits per heavy atom. The van der Waals surface area contributed by atoms with E-state index in [4.69, 9.17) is 39.3 Å². The summed E-state index contributed by atoms with van der Waals surface area (Å²) in [5, 5.41) is 0. The average molecular weight is 295 g/mol. The van der Waals surface area contributed by atoms with Gasteiger partial charge in [0.25, 0.3) is 7.52 Å². The molecule has 0 aromatic heterocycles. The van der Waals surface area contributed by atoms with Gasteiger partial charge in [-0.3, -0.25) is 4.57 Å². The van der Waals surface area contributed by atoms with E-state index in [0.29, 0.717) is 24.8 Å². The Bertz CT molecular complexity index is 232. The molecule has 0 aromatic carbocycles. The van der Waals surface area contributed by atoms with Crippen LogP contribution >= 0.6 is 42.3 Å². The van der Waals surface area contributed by atoms with Gasteiger partial charge in [0.15, 0.2) is 0 Å². The molecule has 0 rings (SSSR count). The molecule has 0 heterocycles. The van der Waals surface area contributed by atoms with E-state index in [-0.39, 0.29) is 6.61 Å².